The molecule has 0 saturated heterocycles. The Kier molecular flexibility index (Phi) is 8.20. The van der Waals surface area contributed by atoms with Crippen LogP contribution in [0, 0.1) is 5.82 Å². The second-order valence-electron chi connectivity index (χ2n) is 10.5. The molecule has 0 aliphatic heterocycles. The van der Waals surface area contributed by atoms with E-state index in [1.807, 2.05) is 77.4 Å². The minimum atomic E-state index is -0.741. The van der Waals surface area contributed by atoms with E-state index < -0.39 is 17.6 Å². The van der Waals surface area contributed by atoms with Crippen molar-refractivity contribution in [1.82, 2.24) is 24.8 Å². The van der Waals surface area contributed by atoms with Crippen LogP contribution in [0.4, 0.5) is 15.9 Å². The van der Waals surface area contributed by atoms with E-state index in [0.717, 1.165) is 34.7 Å². The van der Waals surface area contributed by atoms with Crippen molar-refractivity contribution in [3.8, 4) is 28.3 Å². The fourth-order valence-corrected chi connectivity index (χ4v) is 4.94. The summed E-state index contributed by atoms with van der Waals surface area (Å²) in [6.45, 7) is 1.74. The van der Waals surface area contributed by atoms with E-state index in [1.54, 1.807) is 19.2 Å². The lowest BCUT2D eigenvalue weighted by Gasteiger charge is -2.12. The minimum absolute atomic E-state index is 0.0561. The minimum Gasteiger partial charge on any atom is -0.402 e. The van der Waals surface area contributed by atoms with Gasteiger partial charge in [-0.3, -0.25) is 14.2 Å². The lowest BCUT2D eigenvalue weighted by molar-refractivity contribution is -0.112. The molecule has 0 unspecified atom stereocenters. The molecule has 0 spiro atoms. The van der Waals surface area contributed by atoms with Crippen molar-refractivity contribution >= 4 is 34.5 Å². The van der Waals surface area contributed by atoms with Crippen LogP contribution < -0.4 is 22.1 Å². The Morgan fingerprint density at radius 1 is 0.935 bits per heavy atom. The van der Waals surface area contributed by atoms with Gasteiger partial charge < -0.3 is 22.1 Å². The van der Waals surface area contributed by atoms with E-state index in [-0.39, 0.29) is 23.5 Å². The summed E-state index contributed by atoms with van der Waals surface area (Å²) in [5, 5.41) is 5.21. The number of hydrogen-bond donors (Lipinski definition) is 4. The molecule has 0 bridgehead atoms. The standard InChI is InChI=1S/C35H29FN8O2/c1-21(37)18-31(45)41-29-14-11-24(19-27(29)36)35(46)40-20-22-9-12-25(13-10-22)44-33(26-8-5-17-39-32(26)38)43-30-16-15-28(42-34(30)44)23-6-3-2-4-7-23/h2-19H,20,37H2,1H3,(H2,38,39)(H,40,46)(H,41,45)/b21-18-. The quantitative estimate of drug-likeness (QED) is 0.163. The van der Waals surface area contributed by atoms with Gasteiger partial charge in [-0.1, -0.05) is 42.5 Å². The summed E-state index contributed by atoms with van der Waals surface area (Å²) in [5.74, 6) is -0.834. The fourth-order valence-electron chi connectivity index (χ4n) is 4.94. The monoisotopic (exact) mass is 612 g/mol. The maximum Gasteiger partial charge on any atom is 0.251 e. The number of anilines is 2. The van der Waals surface area contributed by atoms with Crippen molar-refractivity contribution in [2.45, 2.75) is 13.5 Å². The Balaban J connectivity index is 1.25. The summed E-state index contributed by atoms with van der Waals surface area (Å²) in [7, 11) is 0. The number of nitrogens with zero attached hydrogens (tertiary/aromatic N) is 4. The molecule has 0 fully saturated rings. The zero-order valence-corrected chi connectivity index (χ0v) is 24.7. The maximum atomic E-state index is 14.6. The first kappa shape index (κ1) is 29.7. The summed E-state index contributed by atoms with van der Waals surface area (Å²) < 4.78 is 16.5. The Morgan fingerprint density at radius 3 is 2.43 bits per heavy atom. The third kappa shape index (κ3) is 6.29. The van der Waals surface area contributed by atoms with Gasteiger partial charge in [-0.15, -0.1) is 0 Å². The molecule has 0 saturated carbocycles. The topological polar surface area (TPSA) is 154 Å². The average Bonchev–Trinajstić information content (AvgIpc) is 3.43. The van der Waals surface area contributed by atoms with Gasteiger partial charge in [0.15, 0.2) is 11.5 Å². The van der Waals surface area contributed by atoms with Gasteiger partial charge in [0.25, 0.3) is 5.91 Å². The Hall–Kier alpha value is -6.36. The lowest BCUT2D eigenvalue weighted by atomic mass is 10.1. The summed E-state index contributed by atoms with van der Waals surface area (Å²) in [4.78, 5) is 38.8. The zero-order valence-electron chi connectivity index (χ0n) is 24.7. The van der Waals surface area contributed by atoms with Crippen molar-refractivity contribution < 1.29 is 14.0 Å². The average molecular weight is 613 g/mol. The highest BCUT2D eigenvalue weighted by Gasteiger charge is 2.19. The number of nitrogens with one attached hydrogen (secondary N) is 2. The number of pyridine rings is 2. The molecule has 0 radical (unpaired) electrons. The molecule has 228 valence electrons. The Labute approximate surface area is 263 Å². The number of fused-ring (bicyclic) bond motifs is 1. The number of benzene rings is 3. The van der Waals surface area contributed by atoms with E-state index in [2.05, 4.69) is 15.6 Å². The summed E-state index contributed by atoms with van der Waals surface area (Å²) >= 11 is 0. The Morgan fingerprint density at radius 2 is 1.72 bits per heavy atom. The van der Waals surface area contributed by atoms with Gasteiger partial charge in [-0.25, -0.2) is 19.3 Å². The largest absolute Gasteiger partial charge is 0.402 e. The third-order valence-corrected chi connectivity index (χ3v) is 7.15. The van der Waals surface area contributed by atoms with Crippen LogP contribution in [0.3, 0.4) is 0 Å². The predicted molar refractivity (Wildman–Crippen MR) is 176 cm³/mol. The number of carbonyl (C=O) groups is 2. The van der Waals surface area contributed by atoms with Crippen LogP contribution in [0.1, 0.15) is 22.8 Å². The van der Waals surface area contributed by atoms with E-state index in [0.29, 0.717) is 28.4 Å². The fraction of sp³-hybridized carbons (Fsp3) is 0.0571. The smallest absolute Gasteiger partial charge is 0.251 e. The number of nitrogen functional groups attached to an aromatic ring is 1. The molecule has 0 atom stereocenters. The molecule has 3 heterocycles. The first-order chi connectivity index (χ1) is 22.3. The highest BCUT2D eigenvalue weighted by Crippen LogP contribution is 2.31. The normalized spacial score (nSPS) is 11.4. The number of halogens is 1. The van der Waals surface area contributed by atoms with E-state index in [9.17, 15) is 14.0 Å². The molecule has 11 heteroatoms. The molecule has 3 aromatic carbocycles. The molecule has 0 aliphatic carbocycles. The van der Waals surface area contributed by atoms with Crippen LogP contribution in [0.2, 0.25) is 0 Å². The van der Waals surface area contributed by atoms with Crippen LogP contribution in [-0.2, 0) is 11.3 Å². The Bertz CT molecular complexity index is 2100. The van der Waals surface area contributed by atoms with Crippen molar-refractivity contribution in [3.63, 3.8) is 0 Å². The number of aromatic nitrogens is 4. The first-order valence-electron chi connectivity index (χ1n) is 14.3. The van der Waals surface area contributed by atoms with Gasteiger partial charge in [-0.2, -0.15) is 0 Å². The molecule has 46 heavy (non-hydrogen) atoms. The van der Waals surface area contributed by atoms with E-state index >= 15 is 0 Å². The predicted octanol–water partition coefficient (Wildman–Crippen LogP) is 5.60. The van der Waals surface area contributed by atoms with Crippen molar-refractivity contribution in [2.75, 3.05) is 11.1 Å². The highest BCUT2D eigenvalue weighted by atomic mass is 19.1. The van der Waals surface area contributed by atoms with Crippen molar-refractivity contribution in [3.05, 3.63) is 132 Å². The van der Waals surface area contributed by atoms with Gasteiger partial charge in [0.2, 0.25) is 5.91 Å². The van der Waals surface area contributed by atoms with E-state index in [1.165, 1.54) is 12.1 Å². The van der Waals surface area contributed by atoms with Gasteiger partial charge in [0, 0.05) is 41.3 Å². The molecule has 2 amide bonds. The van der Waals surface area contributed by atoms with Gasteiger partial charge in [0.05, 0.1) is 16.9 Å². The SMILES string of the molecule is C/C(N)=C/C(=O)Nc1ccc(C(=O)NCc2ccc(-n3c(-c4cccnc4N)nc4ccc(-c5ccccc5)nc43)cc2)cc1F. The zero-order chi connectivity index (χ0) is 32.2. The molecule has 0 aliphatic rings. The number of amides is 2. The van der Waals surface area contributed by atoms with Crippen LogP contribution >= 0.6 is 0 Å². The van der Waals surface area contributed by atoms with Crippen LogP contribution in [-0.4, -0.2) is 31.3 Å². The van der Waals surface area contributed by atoms with Gasteiger partial charge >= 0.3 is 0 Å². The maximum absolute atomic E-state index is 14.6. The molecule has 10 nitrogen and oxygen atoms in total. The lowest BCUT2D eigenvalue weighted by Crippen LogP contribution is -2.23. The molecule has 3 aromatic heterocycles. The van der Waals surface area contributed by atoms with Crippen LogP contribution in [0.15, 0.2) is 115 Å². The number of allylic oxidation sites excluding steroid dienone is 1. The first-order valence-corrected chi connectivity index (χ1v) is 14.3. The van der Waals surface area contributed by atoms with Gasteiger partial charge in [0.1, 0.15) is 17.2 Å². The van der Waals surface area contributed by atoms with Crippen LogP contribution in [0.5, 0.6) is 0 Å². The number of hydrogen-bond acceptors (Lipinski definition) is 7. The number of rotatable bonds is 8. The molecule has 6 aromatic rings. The molecule has 6 N–H and O–H groups in total. The second-order valence-corrected chi connectivity index (χ2v) is 10.5. The molecular formula is C35H29FN8O2. The summed E-state index contributed by atoms with van der Waals surface area (Å²) in [5.41, 5.74) is 17.5. The summed E-state index contributed by atoms with van der Waals surface area (Å²) in [6.07, 6.45) is 2.78. The third-order valence-electron chi connectivity index (χ3n) is 7.15. The number of imidazole rings is 1. The van der Waals surface area contributed by atoms with Crippen molar-refractivity contribution in [1.29, 1.82) is 0 Å². The molecule has 6 rings (SSSR count). The van der Waals surface area contributed by atoms with Crippen LogP contribution in [0.25, 0.3) is 39.5 Å². The number of carbonyl (C=O) groups excluding carboxylic acids is 2. The summed E-state index contributed by atoms with van der Waals surface area (Å²) in [6, 6.07) is 28.8. The van der Waals surface area contributed by atoms with E-state index in [4.69, 9.17) is 21.4 Å². The molecular weight excluding hydrogens is 583 g/mol. The highest BCUT2D eigenvalue weighted by molar-refractivity contribution is 6.00. The van der Waals surface area contributed by atoms with Gasteiger partial charge in [-0.05, 0) is 67.1 Å². The number of nitrogens with two attached hydrogens (primary N) is 2. The van der Waals surface area contributed by atoms with Crippen molar-refractivity contribution in [2.24, 2.45) is 5.73 Å². The second kappa shape index (κ2) is 12.7.